The Kier molecular flexibility index (Phi) is 4.93. The van der Waals surface area contributed by atoms with Crippen molar-refractivity contribution in [3.63, 3.8) is 0 Å². The Labute approximate surface area is 156 Å². The van der Waals surface area contributed by atoms with Crippen molar-refractivity contribution >= 4 is 32.5 Å². The van der Waals surface area contributed by atoms with Crippen LogP contribution >= 0.6 is 0 Å². The lowest BCUT2D eigenvalue weighted by Gasteiger charge is -2.17. The summed E-state index contributed by atoms with van der Waals surface area (Å²) < 4.78 is 31.5. The van der Waals surface area contributed by atoms with Crippen LogP contribution < -0.4 is 10.7 Å². The molecule has 0 saturated heterocycles. The minimum atomic E-state index is -3.69. The van der Waals surface area contributed by atoms with E-state index in [0.29, 0.717) is 11.2 Å². The molecule has 3 rings (SSSR count). The Hall–Kier alpha value is -2.87. The quantitative estimate of drug-likeness (QED) is 0.669. The highest BCUT2D eigenvalue weighted by atomic mass is 32.2. The average molecular weight is 388 g/mol. The number of rotatable bonds is 5. The Morgan fingerprint density at radius 1 is 1.19 bits per heavy atom. The van der Waals surface area contributed by atoms with Gasteiger partial charge in [-0.3, -0.25) is 9.36 Å². The van der Waals surface area contributed by atoms with Gasteiger partial charge < -0.3 is 9.32 Å². The van der Waals surface area contributed by atoms with Gasteiger partial charge in [-0.05, 0) is 36.8 Å². The second kappa shape index (κ2) is 7.03. The molecule has 2 aromatic carbocycles. The molecule has 0 spiro atoms. The Bertz CT molecular complexity index is 1170. The second-order valence-electron chi connectivity index (χ2n) is 6.42. The Balaban J connectivity index is 1.76. The molecule has 0 aliphatic heterocycles. The van der Waals surface area contributed by atoms with E-state index in [9.17, 15) is 18.0 Å². The molecule has 0 radical (unpaired) electrons. The number of fused-ring (bicyclic) bond motifs is 1. The van der Waals surface area contributed by atoms with E-state index in [1.165, 1.54) is 27.7 Å². The van der Waals surface area contributed by atoms with Crippen molar-refractivity contribution in [2.75, 3.05) is 17.7 Å². The van der Waals surface area contributed by atoms with Crippen LogP contribution in [0, 0.1) is 6.92 Å². The summed E-state index contributed by atoms with van der Waals surface area (Å²) in [6, 6.07) is 11.7. The predicted molar refractivity (Wildman–Crippen MR) is 103 cm³/mol. The molecule has 1 amide bonds. The van der Waals surface area contributed by atoms with E-state index in [-0.39, 0.29) is 28.6 Å². The molecular formula is C19H20N2O5S. The summed E-state index contributed by atoms with van der Waals surface area (Å²) in [6.07, 6.45) is -0.149. The standard InChI is InChI=1S/C19H20N2O5S/c1-13-5-4-6-14(11-13)20(2)18(22)9-10-27(24,25)15-7-8-16-17(12-15)26-19(23)21(16)3/h4-8,11-12H,9-10H2,1-3H3. The summed E-state index contributed by atoms with van der Waals surface area (Å²) in [6.45, 7) is 1.92. The second-order valence-corrected chi connectivity index (χ2v) is 8.53. The largest absolute Gasteiger partial charge is 0.419 e. The number of oxazole rings is 1. The van der Waals surface area contributed by atoms with E-state index in [2.05, 4.69) is 0 Å². The number of benzene rings is 2. The monoisotopic (exact) mass is 388 g/mol. The van der Waals surface area contributed by atoms with Crippen molar-refractivity contribution in [2.45, 2.75) is 18.2 Å². The zero-order valence-electron chi connectivity index (χ0n) is 15.3. The van der Waals surface area contributed by atoms with Crippen LogP contribution in [-0.2, 0) is 21.7 Å². The number of nitrogens with zero attached hydrogens (tertiary/aromatic N) is 2. The number of aryl methyl sites for hydroxylation is 2. The first-order valence-corrected chi connectivity index (χ1v) is 10.00. The van der Waals surface area contributed by atoms with Gasteiger partial charge in [-0.2, -0.15) is 0 Å². The maximum Gasteiger partial charge on any atom is 0.419 e. The molecule has 0 aliphatic rings. The van der Waals surface area contributed by atoms with Crippen LogP contribution in [0.15, 0.2) is 56.6 Å². The molecule has 3 aromatic rings. The molecule has 7 nitrogen and oxygen atoms in total. The smallest absolute Gasteiger partial charge is 0.408 e. The van der Waals surface area contributed by atoms with Crippen molar-refractivity contribution in [3.05, 3.63) is 58.6 Å². The summed E-state index contributed by atoms with van der Waals surface area (Å²) in [5.41, 5.74) is 2.43. The number of anilines is 1. The maximum atomic E-state index is 12.6. The van der Waals surface area contributed by atoms with Crippen molar-refractivity contribution < 1.29 is 17.6 Å². The first-order valence-electron chi connectivity index (χ1n) is 8.34. The molecule has 0 fully saturated rings. The molecule has 0 N–H and O–H groups in total. The van der Waals surface area contributed by atoms with Crippen LogP contribution in [0.4, 0.5) is 5.69 Å². The van der Waals surface area contributed by atoms with Gasteiger partial charge in [0, 0.05) is 32.3 Å². The molecule has 1 heterocycles. The number of amides is 1. The van der Waals surface area contributed by atoms with Crippen LogP contribution in [-0.4, -0.2) is 31.7 Å². The van der Waals surface area contributed by atoms with Gasteiger partial charge >= 0.3 is 5.76 Å². The average Bonchev–Trinajstić information content (AvgIpc) is 2.92. The molecule has 8 heteroatoms. The molecule has 0 unspecified atom stereocenters. The highest BCUT2D eigenvalue weighted by molar-refractivity contribution is 7.91. The summed E-state index contributed by atoms with van der Waals surface area (Å²) >= 11 is 0. The zero-order chi connectivity index (χ0) is 19.8. The van der Waals surface area contributed by atoms with Crippen molar-refractivity contribution in [1.82, 2.24) is 4.57 Å². The number of hydrogen-bond acceptors (Lipinski definition) is 5. The first kappa shape index (κ1) is 18.9. The highest BCUT2D eigenvalue weighted by Gasteiger charge is 2.20. The number of carbonyl (C=O) groups excluding carboxylic acids is 1. The van der Waals surface area contributed by atoms with Crippen molar-refractivity contribution in [1.29, 1.82) is 0 Å². The van der Waals surface area contributed by atoms with E-state index in [1.807, 2.05) is 25.1 Å². The van der Waals surface area contributed by atoms with Gasteiger partial charge in [-0.25, -0.2) is 13.2 Å². The molecule has 0 saturated carbocycles. The zero-order valence-corrected chi connectivity index (χ0v) is 16.1. The lowest BCUT2D eigenvalue weighted by molar-refractivity contribution is -0.117. The lowest BCUT2D eigenvalue weighted by atomic mass is 10.2. The summed E-state index contributed by atoms with van der Waals surface area (Å²) in [7, 11) is -0.530. The molecule has 0 aliphatic carbocycles. The lowest BCUT2D eigenvalue weighted by Crippen LogP contribution is -2.28. The van der Waals surface area contributed by atoms with Crippen LogP contribution in [0.3, 0.4) is 0 Å². The molecule has 27 heavy (non-hydrogen) atoms. The van der Waals surface area contributed by atoms with Crippen LogP contribution in [0.2, 0.25) is 0 Å². The summed E-state index contributed by atoms with van der Waals surface area (Å²) in [4.78, 5) is 25.4. The third-order valence-electron chi connectivity index (χ3n) is 4.47. The topological polar surface area (TPSA) is 89.6 Å². The highest BCUT2D eigenvalue weighted by Crippen LogP contribution is 2.20. The number of carbonyl (C=O) groups is 1. The molecule has 0 atom stereocenters. The van der Waals surface area contributed by atoms with Crippen molar-refractivity contribution in [3.8, 4) is 0 Å². The van der Waals surface area contributed by atoms with E-state index in [1.54, 1.807) is 20.2 Å². The van der Waals surface area contributed by atoms with E-state index >= 15 is 0 Å². The molecule has 1 aromatic heterocycles. The summed E-state index contributed by atoms with van der Waals surface area (Å²) in [5.74, 6) is -1.18. The van der Waals surface area contributed by atoms with Gasteiger partial charge in [-0.15, -0.1) is 0 Å². The number of hydrogen-bond donors (Lipinski definition) is 0. The van der Waals surface area contributed by atoms with Crippen molar-refractivity contribution in [2.24, 2.45) is 7.05 Å². The first-order chi connectivity index (χ1) is 12.7. The summed E-state index contributed by atoms with van der Waals surface area (Å²) in [5, 5.41) is 0. The van der Waals surface area contributed by atoms with Gasteiger partial charge in [0.15, 0.2) is 15.4 Å². The van der Waals surface area contributed by atoms with Crippen LogP contribution in [0.25, 0.3) is 11.1 Å². The van der Waals surface area contributed by atoms with Gasteiger partial charge in [-0.1, -0.05) is 12.1 Å². The predicted octanol–water partition coefficient (Wildman–Crippen LogP) is 2.27. The number of aromatic nitrogens is 1. The molecular weight excluding hydrogens is 368 g/mol. The minimum absolute atomic E-state index is 0.0235. The van der Waals surface area contributed by atoms with Gasteiger partial charge in [0.05, 0.1) is 16.2 Å². The van der Waals surface area contributed by atoms with E-state index in [0.717, 1.165) is 5.56 Å². The molecule has 0 bridgehead atoms. The van der Waals surface area contributed by atoms with Crippen LogP contribution in [0.1, 0.15) is 12.0 Å². The molecule has 142 valence electrons. The van der Waals surface area contributed by atoms with E-state index < -0.39 is 15.6 Å². The fourth-order valence-electron chi connectivity index (χ4n) is 2.80. The fourth-order valence-corrected chi connectivity index (χ4v) is 4.04. The normalized spacial score (nSPS) is 11.7. The Morgan fingerprint density at radius 2 is 1.93 bits per heavy atom. The maximum absolute atomic E-state index is 12.6. The third-order valence-corrected chi connectivity index (χ3v) is 6.18. The SMILES string of the molecule is Cc1cccc(N(C)C(=O)CCS(=O)(=O)c2ccc3c(c2)oc(=O)n3C)c1. The fraction of sp³-hybridized carbons (Fsp3) is 0.263. The van der Waals surface area contributed by atoms with E-state index in [4.69, 9.17) is 4.42 Å². The minimum Gasteiger partial charge on any atom is -0.408 e. The van der Waals surface area contributed by atoms with Gasteiger partial charge in [0.1, 0.15) is 0 Å². The Morgan fingerprint density at radius 3 is 2.63 bits per heavy atom. The van der Waals surface area contributed by atoms with Crippen LogP contribution in [0.5, 0.6) is 0 Å². The third kappa shape index (κ3) is 3.80. The van der Waals surface area contributed by atoms with Gasteiger partial charge in [0.2, 0.25) is 5.91 Å². The van der Waals surface area contributed by atoms with Gasteiger partial charge in [0.25, 0.3) is 0 Å². The number of sulfone groups is 1.